The largest absolute Gasteiger partial charge is 0.357 e. The summed E-state index contributed by atoms with van der Waals surface area (Å²) in [5, 5.41) is 15.3. The van der Waals surface area contributed by atoms with Gasteiger partial charge in [-0.05, 0) is 47.7 Å². The molecular formula is C27H22ClN3O4. The number of non-ortho nitro benzene ring substituents is 1. The van der Waals surface area contributed by atoms with E-state index in [1.54, 1.807) is 23.1 Å². The van der Waals surface area contributed by atoms with Crippen LogP contribution in [-0.4, -0.2) is 16.6 Å². The Bertz CT molecular complexity index is 1380. The summed E-state index contributed by atoms with van der Waals surface area (Å²) < 4.78 is 0. The van der Waals surface area contributed by atoms with Crippen molar-refractivity contribution in [3.05, 3.63) is 110 Å². The Balaban J connectivity index is 1.67. The van der Waals surface area contributed by atoms with Crippen molar-refractivity contribution >= 4 is 40.4 Å². The van der Waals surface area contributed by atoms with Gasteiger partial charge in [0.2, 0.25) is 5.91 Å². The van der Waals surface area contributed by atoms with Crippen molar-refractivity contribution < 1.29 is 14.5 Å². The summed E-state index contributed by atoms with van der Waals surface area (Å²) >= 11 is 6.13. The first kappa shape index (κ1) is 22.8. The lowest BCUT2D eigenvalue weighted by Crippen LogP contribution is -2.37. The van der Waals surface area contributed by atoms with Crippen molar-refractivity contribution in [3.8, 4) is 0 Å². The number of Topliss-reactive ketones (excluding diaryl/α,β-unsaturated/α-hetero) is 1. The molecule has 0 aromatic heterocycles. The van der Waals surface area contributed by atoms with E-state index >= 15 is 0 Å². The highest BCUT2D eigenvalue weighted by molar-refractivity contribution is 6.30. The van der Waals surface area contributed by atoms with Gasteiger partial charge in [-0.25, -0.2) is 0 Å². The maximum absolute atomic E-state index is 13.8. The van der Waals surface area contributed by atoms with Gasteiger partial charge in [-0.1, -0.05) is 48.0 Å². The van der Waals surface area contributed by atoms with Gasteiger partial charge in [-0.3, -0.25) is 24.6 Å². The molecule has 0 bridgehead atoms. The van der Waals surface area contributed by atoms with Gasteiger partial charge in [0, 0.05) is 41.8 Å². The number of nitro groups is 1. The van der Waals surface area contributed by atoms with E-state index in [1.165, 1.54) is 19.1 Å². The molecule has 1 aliphatic heterocycles. The molecular weight excluding hydrogens is 466 g/mol. The lowest BCUT2D eigenvalue weighted by Gasteiger charge is -2.34. The average Bonchev–Trinajstić information content (AvgIpc) is 2.99. The molecule has 5 rings (SSSR count). The smallest absolute Gasteiger partial charge is 0.269 e. The minimum absolute atomic E-state index is 0.00399. The molecule has 3 aromatic carbocycles. The van der Waals surface area contributed by atoms with Gasteiger partial charge in [-0.2, -0.15) is 0 Å². The van der Waals surface area contributed by atoms with Crippen LogP contribution in [0.3, 0.4) is 0 Å². The lowest BCUT2D eigenvalue weighted by atomic mass is 9.78. The molecule has 0 fully saturated rings. The number of hydrogen-bond donors (Lipinski definition) is 1. The molecule has 1 N–H and O–H groups in total. The summed E-state index contributed by atoms with van der Waals surface area (Å²) in [5.74, 6) is -0.522. The van der Waals surface area contributed by atoms with E-state index < -0.39 is 11.0 Å². The molecule has 0 saturated heterocycles. The molecule has 3 aromatic rings. The predicted octanol–water partition coefficient (Wildman–Crippen LogP) is 6.17. The molecule has 1 heterocycles. The topological polar surface area (TPSA) is 92.6 Å². The van der Waals surface area contributed by atoms with E-state index in [4.69, 9.17) is 11.6 Å². The van der Waals surface area contributed by atoms with Crippen LogP contribution < -0.4 is 10.2 Å². The number of halogens is 1. The third kappa shape index (κ3) is 4.19. The number of nitro benzene ring substituents is 1. The molecule has 8 heteroatoms. The zero-order valence-electron chi connectivity index (χ0n) is 18.9. The number of hydrogen-bond acceptors (Lipinski definition) is 5. The van der Waals surface area contributed by atoms with Crippen molar-refractivity contribution in [2.24, 2.45) is 0 Å². The Labute approximate surface area is 207 Å². The summed E-state index contributed by atoms with van der Waals surface area (Å²) in [6.07, 6.45) is 0.667. The number of carbonyl (C=O) groups excluding carboxylic acids is 2. The molecule has 0 radical (unpaired) electrons. The van der Waals surface area contributed by atoms with E-state index in [2.05, 4.69) is 5.32 Å². The fraction of sp³-hybridized carbons (Fsp3) is 0.185. The Morgan fingerprint density at radius 3 is 2.49 bits per heavy atom. The van der Waals surface area contributed by atoms with Crippen LogP contribution in [0.15, 0.2) is 84.1 Å². The maximum Gasteiger partial charge on any atom is 0.269 e. The van der Waals surface area contributed by atoms with E-state index in [9.17, 15) is 19.7 Å². The number of allylic oxidation sites excluding steroid dienone is 1. The van der Waals surface area contributed by atoms with Crippen molar-refractivity contribution in [3.63, 3.8) is 0 Å². The third-order valence-corrected chi connectivity index (χ3v) is 6.82. The van der Waals surface area contributed by atoms with Crippen LogP contribution in [0, 0.1) is 10.1 Å². The van der Waals surface area contributed by atoms with Gasteiger partial charge < -0.3 is 5.32 Å². The van der Waals surface area contributed by atoms with E-state index in [0.717, 1.165) is 16.8 Å². The maximum atomic E-state index is 13.8. The highest BCUT2D eigenvalue weighted by atomic mass is 35.5. The van der Waals surface area contributed by atoms with Gasteiger partial charge in [0.25, 0.3) is 5.69 Å². The van der Waals surface area contributed by atoms with Crippen molar-refractivity contribution in [2.45, 2.75) is 31.7 Å². The number of para-hydroxylation sites is 2. The first-order valence-electron chi connectivity index (χ1n) is 11.3. The Morgan fingerprint density at radius 2 is 1.77 bits per heavy atom. The zero-order chi connectivity index (χ0) is 24.7. The minimum Gasteiger partial charge on any atom is -0.357 e. The van der Waals surface area contributed by atoms with Gasteiger partial charge in [0.15, 0.2) is 5.78 Å². The van der Waals surface area contributed by atoms with Crippen molar-refractivity contribution in [1.29, 1.82) is 0 Å². The van der Waals surface area contributed by atoms with Crippen LogP contribution in [0.2, 0.25) is 5.02 Å². The number of benzene rings is 3. The SMILES string of the molecule is CC(=O)N1c2ccccc2NC2=C(C(=O)C[C@@H](c3cccc([N+](=O)[O-])c3)C2)[C@@H]1c1ccc(Cl)cc1. The number of ketones is 1. The number of anilines is 2. The van der Waals surface area contributed by atoms with E-state index in [-0.39, 0.29) is 29.7 Å². The first-order valence-corrected chi connectivity index (χ1v) is 11.6. The minimum atomic E-state index is -0.630. The fourth-order valence-corrected chi connectivity index (χ4v) is 5.15. The summed E-state index contributed by atoms with van der Waals surface area (Å²) in [5.41, 5.74) is 4.15. The van der Waals surface area contributed by atoms with E-state index in [1.807, 2.05) is 42.5 Å². The standard InChI is InChI=1S/C27H22ClN3O4/c1-16(32)30-24-8-3-2-7-22(24)29-23-14-19(18-5-4-6-21(13-18)31(34)35)15-25(33)26(23)27(30)17-9-11-20(28)12-10-17/h2-13,19,27,29H,14-15H2,1H3/t19-,27-/m0/s1. The monoisotopic (exact) mass is 487 g/mol. The van der Waals surface area contributed by atoms with Gasteiger partial charge in [-0.15, -0.1) is 0 Å². The van der Waals surface area contributed by atoms with Crippen LogP contribution in [-0.2, 0) is 9.59 Å². The van der Waals surface area contributed by atoms with Gasteiger partial charge in [0.1, 0.15) is 0 Å². The second-order valence-electron chi connectivity index (χ2n) is 8.76. The number of fused-ring (bicyclic) bond motifs is 1. The molecule has 0 unspecified atom stereocenters. The Hall–Kier alpha value is -3.97. The molecule has 1 aliphatic carbocycles. The summed E-state index contributed by atoms with van der Waals surface area (Å²) in [4.78, 5) is 39.3. The molecule has 1 amide bonds. The van der Waals surface area contributed by atoms with Crippen LogP contribution in [0.4, 0.5) is 17.1 Å². The lowest BCUT2D eigenvalue weighted by molar-refractivity contribution is -0.384. The number of amides is 1. The molecule has 176 valence electrons. The number of nitrogens with zero attached hydrogens (tertiary/aromatic N) is 2. The predicted molar refractivity (Wildman–Crippen MR) is 135 cm³/mol. The Kier molecular flexibility index (Phi) is 5.86. The molecule has 0 saturated carbocycles. The van der Waals surface area contributed by atoms with Crippen LogP contribution in [0.5, 0.6) is 0 Å². The van der Waals surface area contributed by atoms with Crippen LogP contribution in [0.1, 0.15) is 42.9 Å². The second kappa shape index (κ2) is 9.00. The third-order valence-electron chi connectivity index (χ3n) is 6.57. The normalized spacial score (nSPS) is 19.4. The molecule has 2 atom stereocenters. The number of nitrogens with one attached hydrogen (secondary N) is 1. The Morgan fingerprint density at radius 1 is 1.03 bits per heavy atom. The van der Waals surface area contributed by atoms with E-state index in [0.29, 0.717) is 28.4 Å². The summed E-state index contributed by atoms with van der Waals surface area (Å²) in [6, 6.07) is 20.4. The average molecular weight is 488 g/mol. The number of rotatable bonds is 3. The highest BCUT2D eigenvalue weighted by Gasteiger charge is 2.40. The quantitative estimate of drug-likeness (QED) is 0.352. The summed E-state index contributed by atoms with van der Waals surface area (Å²) in [7, 11) is 0. The molecule has 0 spiro atoms. The molecule has 35 heavy (non-hydrogen) atoms. The second-order valence-corrected chi connectivity index (χ2v) is 9.19. The van der Waals surface area contributed by atoms with Crippen molar-refractivity contribution in [1.82, 2.24) is 0 Å². The highest BCUT2D eigenvalue weighted by Crippen LogP contribution is 2.47. The van der Waals surface area contributed by atoms with Crippen molar-refractivity contribution in [2.75, 3.05) is 10.2 Å². The fourth-order valence-electron chi connectivity index (χ4n) is 5.03. The molecule has 2 aliphatic rings. The van der Waals surface area contributed by atoms with Crippen LogP contribution >= 0.6 is 11.6 Å². The van der Waals surface area contributed by atoms with Crippen LogP contribution in [0.25, 0.3) is 0 Å². The number of carbonyl (C=O) groups is 2. The first-order chi connectivity index (χ1) is 16.8. The molecule has 7 nitrogen and oxygen atoms in total. The summed E-state index contributed by atoms with van der Waals surface area (Å²) in [6.45, 7) is 1.49. The van der Waals surface area contributed by atoms with Gasteiger partial charge in [0.05, 0.1) is 22.3 Å². The van der Waals surface area contributed by atoms with Gasteiger partial charge >= 0.3 is 0 Å². The zero-order valence-corrected chi connectivity index (χ0v) is 19.7.